The van der Waals surface area contributed by atoms with Gasteiger partial charge in [-0.15, -0.1) is 0 Å². The van der Waals surface area contributed by atoms with Crippen LogP contribution in [0.25, 0.3) is 6.08 Å². The van der Waals surface area contributed by atoms with Crippen LogP contribution in [0.1, 0.15) is 30.5 Å². The molecule has 3 aromatic carbocycles. The van der Waals surface area contributed by atoms with Gasteiger partial charge in [0.05, 0.1) is 12.3 Å². The van der Waals surface area contributed by atoms with Crippen molar-refractivity contribution in [3.05, 3.63) is 89.0 Å². The third-order valence-corrected chi connectivity index (χ3v) is 6.80. The number of amides is 2. The number of rotatable bonds is 9. The van der Waals surface area contributed by atoms with Crippen molar-refractivity contribution >= 4 is 35.0 Å². The molecule has 2 atom stereocenters. The summed E-state index contributed by atoms with van der Waals surface area (Å²) >= 11 is 0. The van der Waals surface area contributed by atoms with Crippen LogP contribution < -0.4 is 30.9 Å². The molecule has 1 aliphatic rings. The molecule has 11 heteroatoms. The monoisotopic (exact) mass is 575 g/mol. The van der Waals surface area contributed by atoms with E-state index in [1.807, 2.05) is 74.3 Å². The zero-order valence-electron chi connectivity index (χ0n) is 23.8. The summed E-state index contributed by atoms with van der Waals surface area (Å²) in [7, 11) is 1.94. The zero-order chi connectivity index (χ0) is 30.2. The molecule has 0 aliphatic carbocycles. The van der Waals surface area contributed by atoms with Gasteiger partial charge in [0, 0.05) is 30.5 Å². The Hall–Kier alpha value is -4.26. The number of ether oxygens (including phenoxy) is 1. The van der Waals surface area contributed by atoms with Crippen LogP contribution in [0.5, 0.6) is 5.75 Å². The first kappa shape index (κ1) is 30.7. The maximum atomic E-state index is 12.7. The van der Waals surface area contributed by atoms with E-state index in [0.717, 1.165) is 28.8 Å². The molecule has 7 N–H and O–H groups in total. The van der Waals surface area contributed by atoms with E-state index < -0.39 is 30.6 Å². The number of hydrogen-bond donors (Lipinski definition) is 7. The van der Waals surface area contributed by atoms with Crippen LogP contribution in [0, 0.1) is 0 Å². The molecule has 1 saturated heterocycles. The molecule has 2 unspecified atom stereocenters. The van der Waals surface area contributed by atoms with E-state index in [2.05, 4.69) is 21.3 Å². The van der Waals surface area contributed by atoms with Crippen LogP contribution >= 0.6 is 0 Å². The number of aliphatic hydroxyl groups is 3. The Labute approximate surface area is 244 Å². The maximum absolute atomic E-state index is 12.7. The van der Waals surface area contributed by atoms with Gasteiger partial charge in [-0.1, -0.05) is 43.3 Å². The highest BCUT2D eigenvalue weighted by Gasteiger charge is 2.28. The van der Waals surface area contributed by atoms with Crippen molar-refractivity contribution in [2.45, 2.75) is 45.6 Å². The minimum absolute atomic E-state index is 0.292. The van der Waals surface area contributed by atoms with Crippen LogP contribution in [-0.4, -0.2) is 59.6 Å². The Morgan fingerprint density at radius 1 is 0.905 bits per heavy atom. The highest BCUT2D eigenvalue weighted by molar-refractivity contribution is 6.43. The molecule has 3 aromatic rings. The second-order valence-corrected chi connectivity index (χ2v) is 9.82. The Balaban J connectivity index is 1.41. The minimum atomic E-state index is -1.20. The van der Waals surface area contributed by atoms with E-state index in [0.29, 0.717) is 35.8 Å². The number of benzene rings is 3. The molecule has 0 spiro atoms. The summed E-state index contributed by atoms with van der Waals surface area (Å²) in [4.78, 5) is 27.3. The molecule has 0 radical (unpaired) electrons. The van der Waals surface area contributed by atoms with Gasteiger partial charge in [-0.25, -0.2) is 0 Å². The molecule has 0 bridgehead atoms. The van der Waals surface area contributed by atoms with E-state index in [1.54, 1.807) is 24.3 Å². The van der Waals surface area contributed by atoms with Crippen molar-refractivity contribution in [3.8, 4) is 5.75 Å². The largest absolute Gasteiger partial charge is 0.492 e. The number of nitrogens with one attached hydrogen (secondary N) is 4. The molecule has 42 heavy (non-hydrogen) atoms. The standard InChI is InChI=1S/C31H37N5O6/c1-4-21-8-6-7-9-24(21)32-29(39)30(40)33-25-15-12-20(17-26(25)42-5-2)18-36(3)22-13-10-19(11-14-22)16-23-27(37)34-31(41)35-28(23)38/h6-17,27-28,31,34-35,37-38,41H,4-5,18H2,1-3H3,(H,32,39)(H,33,40). The van der Waals surface area contributed by atoms with Gasteiger partial charge in [-0.2, -0.15) is 0 Å². The van der Waals surface area contributed by atoms with E-state index in [1.165, 1.54) is 0 Å². The van der Waals surface area contributed by atoms with Crippen molar-refractivity contribution in [1.29, 1.82) is 0 Å². The van der Waals surface area contributed by atoms with Gasteiger partial charge >= 0.3 is 11.8 Å². The molecule has 2 amide bonds. The van der Waals surface area contributed by atoms with Crippen LogP contribution in [0.4, 0.5) is 17.1 Å². The summed E-state index contributed by atoms with van der Waals surface area (Å²) in [6, 6.07) is 20.3. The molecule has 1 aliphatic heterocycles. The summed E-state index contributed by atoms with van der Waals surface area (Å²) < 4.78 is 5.77. The summed E-state index contributed by atoms with van der Waals surface area (Å²) in [5.74, 6) is -1.10. The quantitative estimate of drug-likeness (QED) is 0.190. The third kappa shape index (κ3) is 7.72. The summed E-state index contributed by atoms with van der Waals surface area (Å²) in [5.41, 5.74) is 4.84. The summed E-state index contributed by atoms with van der Waals surface area (Å²) in [6.45, 7) is 4.73. The van der Waals surface area contributed by atoms with Crippen molar-refractivity contribution in [2.75, 3.05) is 29.2 Å². The summed E-state index contributed by atoms with van der Waals surface area (Å²) in [6.07, 6.45) is -1.20. The van der Waals surface area contributed by atoms with E-state index in [9.17, 15) is 24.9 Å². The lowest BCUT2D eigenvalue weighted by molar-refractivity contribution is -0.133. The number of carbonyl (C=O) groups excluding carboxylic acids is 2. The van der Waals surface area contributed by atoms with Gasteiger partial charge < -0.3 is 35.6 Å². The molecule has 0 aromatic heterocycles. The van der Waals surface area contributed by atoms with E-state index >= 15 is 0 Å². The number of nitrogens with zero attached hydrogens (tertiary/aromatic N) is 1. The van der Waals surface area contributed by atoms with E-state index in [-0.39, 0.29) is 0 Å². The average molecular weight is 576 g/mol. The van der Waals surface area contributed by atoms with Gasteiger partial charge in [-0.3, -0.25) is 20.2 Å². The third-order valence-electron chi connectivity index (χ3n) is 6.80. The van der Waals surface area contributed by atoms with Crippen molar-refractivity contribution < 1.29 is 29.6 Å². The second-order valence-electron chi connectivity index (χ2n) is 9.82. The lowest BCUT2D eigenvalue weighted by Gasteiger charge is -2.32. The average Bonchev–Trinajstić information content (AvgIpc) is 2.97. The fourth-order valence-electron chi connectivity index (χ4n) is 4.58. The number of carbonyl (C=O) groups is 2. The maximum Gasteiger partial charge on any atom is 0.314 e. The number of hydrogen-bond acceptors (Lipinski definition) is 9. The van der Waals surface area contributed by atoms with Crippen LogP contribution in [0.3, 0.4) is 0 Å². The van der Waals surface area contributed by atoms with Gasteiger partial charge in [0.1, 0.15) is 18.2 Å². The first-order valence-electron chi connectivity index (χ1n) is 13.7. The SMILES string of the molecule is CCOc1cc(CN(C)c2ccc(C=C3C(O)NC(O)NC3O)cc2)ccc1NC(=O)C(=O)Nc1ccccc1CC. The van der Waals surface area contributed by atoms with Gasteiger partial charge in [0.2, 0.25) is 0 Å². The summed E-state index contributed by atoms with van der Waals surface area (Å²) in [5, 5.41) is 40.1. The van der Waals surface area contributed by atoms with Crippen molar-refractivity contribution in [2.24, 2.45) is 0 Å². The molecule has 11 nitrogen and oxygen atoms in total. The topological polar surface area (TPSA) is 155 Å². The molecule has 4 rings (SSSR count). The number of aliphatic hydroxyl groups excluding tert-OH is 3. The smallest absolute Gasteiger partial charge is 0.314 e. The molecule has 0 saturated carbocycles. The minimum Gasteiger partial charge on any atom is -0.492 e. The normalized spacial score (nSPS) is 18.2. The van der Waals surface area contributed by atoms with Gasteiger partial charge in [0.15, 0.2) is 6.35 Å². The predicted octanol–water partition coefficient (Wildman–Crippen LogP) is 2.35. The second kappa shape index (κ2) is 14.1. The zero-order valence-corrected chi connectivity index (χ0v) is 23.8. The van der Waals surface area contributed by atoms with Crippen LogP contribution in [-0.2, 0) is 22.6 Å². The van der Waals surface area contributed by atoms with Crippen LogP contribution in [0.15, 0.2) is 72.3 Å². The highest BCUT2D eigenvalue weighted by atomic mass is 16.5. The van der Waals surface area contributed by atoms with Crippen LogP contribution in [0.2, 0.25) is 0 Å². The van der Waals surface area contributed by atoms with E-state index in [4.69, 9.17) is 4.74 Å². The Kier molecular flexibility index (Phi) is 10.3. The Morgan fingerprint density at radius 2 is 1.55 bits per heavy atom. The Bertz CT molecular complexity index is 1410. The number of aryl methyl sites for hydroxylation is 1. The first-order valence-corrected chi connectivity index (χ1v) is 13.7. The van der Waals surface area contributed by atoms with Gasteiger partial charge in [-0.05, 0) is 66.4 Å². The first-order chi connectivity index (χ1) is 20.2. The van der Waals surface area contributed by atoms with Crippen molar-refractivity contribution in [1.82, 2.24) is 10.6 Å². The fourth-order valence-corrected chi connectivity index (χ4v) is 4.58. The Morgan fingerprint density at radius 3 is 2.19 bits per heavy atom. The number of anilines is 3. The lowest BCUT2D eigenvalue weighted by atomic mass is 10.1. The lowest BCUT2D eigenvalue weighted by Crippen LogP contribution is -2.59. The molecular formula is C31H37N5O6. The number of para-hydroxylation sites is 1. The molecular weight excluding hydrogens is 538 g/mol. The highest BCUT2D eigenvalue weighted by Crippen LogP contribution is 2.28. The van der Waals surface area contributed by atoms with Crippen molar-refractivity contribution in [3.63, 3.8) is 0 Å². The molecule has 1 heterocycles. The fraction of sp³-hybridized carbons (Fsp3) is 0.290. The molecule has 1 fully saturated rings. The predicted molar refractivity (Wildman–Crippen MR) is 162 cm³/mol. The molecule has 222 valence electrons. The van der Waals surface area contributed by atoms with Gasteiger partial charge in [0.25, 0.3) is 0 Å².